The van der Waals surface area contributed by atoms with E-state index in [0.29, 0.717) is 49.0 Å². The highest BCUT2D eigenvalue weighted by atomic mass is 35.5. The van der Waals surface area contributed by atoms with Gasteiger partial charge in [0.25, 0.3) is 5.91 Å². The average Bonchev–Trinajstić information content (AvgIpc) is 3.15. The van der Waals surface area contributed by atoms with Crippen LogP contribution in [0.1, 0.15) is 28.4 Å². The van der Waals surface area contributed by atoms with Crippen molar-refractivity contribution in [2.24, 2.45) is 0 Å². The lowest BCUT2D eigenvalue weighted by Crippen LogP contribution is -2.49. The smallest absolute Gasteiger partial charge is 0.331 e. The van der Waals surface area contributed by atoms with E-state index in [1.54, 1.807) is 23.1 Å². The summed E-state index contributed by atoms with van der Waals surface area (Å²) < 4.78 is 0. The van der Waals surface area contributed by atoms with Gasteiger partial charge in [-0.1, -0.05) is 17.7 Å². The molecule has 1 aromatic carbocycles. The van der Waals surface area contributed by atoms with Crippen LogP contribution in [0.15, 0.2) is 30.5 Å². The highest BCUT2D eigenvalue weighted by molar-refractivity contribution is 6.31. The molecule has 2 fully saturated rings. The van der Waals surface area contributed by atoms with Crippen molar-refractivity contribution in [1.29, 1.82) is 0 Å². The SMILES string of the molecule is CC(=O)N1CCN(c2cc(Cl)ccc2C(=O)N2CCN(c3ncc(C)cc3C)CC2)C1=O. The van der Waals surface area contributed by atoms with Crippen LogP contribution >= 0.6 is 11.6 Å². The number of benzene rings is 1. The first-order chi connectivity index (χ1) is 15.3. The Labute approximate surface area is 192 Å². The van der Waals surface area contributed by atoms with Crippen molar-refractivity contribution in [3.8, 4) is 0 Å². The number of hydrogen-bond donors (Lipinski definition) is 0. The Morgan fingerprint density at radius 3 is 2.34 bits per heavy atom. The van der Waals surface area contributed by atoms with E-state index in [2.05, 4.69) is 16.0 Å². The van der Waals surface area contributed by atoms with Crippen molar-refractivity contribution >= 4 is 41.0 Å². The molecule has 0 unspecified atom stereocenters. The van der Waals surface area contributed by atoms with Crippen LogP contribution in [0.2, 0.25) is 5.02 Å². The predicted molar refractivity (Wildman–Crippen MR) is 123 cm³/mol. The molecule has 4 amide bonds. The molecule has 32 heavy (non-hydrogen) atoms. The first kappa shape index (κ1) is 22.1. The Balaban J connectivity index is 1.52. The zero-order chi connectivity index (χ0) is 23.0. The van der Waals surface area contributed by atoms with Crippen LogP contribution in [0, 0.1) is 13.8 Å². The molecule has 0 aliphatic carbocycles. The van der Waals surface area contributed by atoms with Crippen molar-refractivity contribution in [3.05, 3.63) is 52.2 Å². The summed E-state index contributed by atoms with van der Waals surface area (Å²) in [5.74, 6) is 0.476. The molecule has 0 atom stereocenters. The number of amides is 4. The summed E-state index contributed by atoms with van der Waals surface area (Å²) in [6.45, 7) is 8.47. The van der Waals surface area contributed by atoms with Crippen LogP contribution < -0.4 is 9.80 Å². The van der Waals surface area contributed by atoms with Crippen molar-refractivity contribution < 1.29 is 14.4 Å². The molecule has 0 radical (unpaired) electrons. The molecule has 2 aliphatic heterocycles. The fourth-order valence-electron chi connectivity index (χ4n) is 4.29. The number of urea groups is 1. The second-order valence-corrected chi connectivity index (χ2v) is 8.64. The van der Waals surface area contributed by atoms with Gasteiger partial charge in [-0.3, -0.25) is 19.4 Å². The molecule has 0 saturated carbocycles. The van der Waals surface area contributed by atoms with Gasteiger partial charge in [-0.25, -0.2) is 9.78 Å². The monoisotopic (exact) mass is 455 g/mol. The van der Waals surface area contributed by atoms with Crippen LogP contribution in [0.3, 0.4) is 0 Å². The number of rotatable bonds is 3. The fraction of sp³-hybridized carbons (Fsp3) is 0.391. The Morgan fingerprint density at radius 2 is 1.72 bits per heavy atom. The lowest BCUT2D eigenvalue weighted by Gasteiger charge is -2.36. The van der Waals surface area contributed by atoms with Crippen LogP contribution in [0.25, 0.3) is 0 Å². The minimum atomic E-state index is -0.431. The van der Waals surface area contributed by atoms with Crippen molar-refractivity contribution in [2.75, 3.05) is 49.1 Å². The topological polar surface area (TPSA) is 77.1 Å². The third kappa shape index (κ3) is 4.14. The summed E-state index contributed by atoms with van der Waals surface area (Å²) in [6, 6.07) is 6.60. The second kappa shape index (κ2) is 8.78. The Morgan fingerprint density at radius 1 is 1.00 bits per heavy atom. The van der Waals surface area contributed by atoms with Crippen molar-refractivity contribution in [2.45, 2.75) is 20.8 Å². The molecule has 2 aromatic rings. The molecule has 0 bridgehead atoms. The minimum absolute atomic E-state index is 0.154. The number of imide groups is 1. The highest BCUT2D eigenvalue weighted by Crippen LogP contribution is 2.30. The molecule has 2 saturated heterocycles. The summed E-state index contributed by atoms with van der Waals surface area (Å²) in [4.78, 5) is 49.0. The van der Waals surface area contributed by atoms with E-state index in [1.807, 2.05) is 20.0 Å². The van der Waals surface area contributed by atoms with E-state index in [0.717, 1.165) is 16.9 Å². The van der Waals surface area contributed by atoms with Crippen LogP contribution in [-0.2, 0) is 4.79 Å². The number of halogens is 1. The van der Waals surface area contributed by atoms with Gasteiger partial charge in [0, 0.05) is 57.4 Å². The van der Waals surface area contributed by atoms with Crippen molar-refractivity contribution in [3.63, 3.8) is 0 Å². The van der Waals surface area contributed by atoms with Gasteiger partial charge in [0.05, 0.1) is 11.3 Å². The number of aryl methyl sites for hydroxylation is 2. The molecule has 4 rings (SSSR count). The van der Waals surface area contributed by atoms with E-state index in [4.69, 9.17) is 11.6 Å². The Bertz CT molecular complexity index is 1080. The van der Waals surface area contributed by atoms with Gasteiger partial charge >= 0.3 is 6.03 Å². The highest BCUT2D eigenvalue weighted by Gasteiger charge is 2.35. The van der Waals surface area contributed by atoms with E-state index in [-0.39, 0.29) is 18.4 Å². The van der Waals surface area contributed by atoms with E-state index < -0.39 is 6.03 Å². The van der Waals surface area contributed by atoms with Gasteiger partial charge in [-0.15, -0.1) is 0 Å². The first-order valence-corrected chi connectivity index (χ1v) is 11.0. The van der Waals surface area contributed by atoms with Gasteiger partial charge in [0.1, 0.15) is 5.82 Å². The standard InChI is InChI=1S/C23H26ClN5O3/c1-15-12-16(2)21(25-14-15)26-6-8-27(9-7-26)22(31)19-5-4-18(24)13-20(19)29-11-10-28(17(3)30)23(29)32/h4-5,12-14H,6-11H2,1-3H3. The molecular formula is C23H26ClN5O3. The normalized spacial score (nSPS) is 16.7. The number of aromatic nitrogens is 1. The largest absolute Gasteiger partial charge is 0.353 e. The zero-order valence-electron chi connectivity index (χ0n) is 18.5. The molecule has 2 aliphatic rings. The third-order valence-corrected chi connectivity index (χ3v) is 6.16. The molecule has 8 nitrogen and oxygen atoms in total. The zero-order valence-corrected chi connectivity index (χ0v) is 19.2. The van der Waals surface area contributed by atoms with Crippen LogP contribution in [0.5, 0.6) is 0 Å². The maximum absolute atomic E-state index is 13.4. The maximum Gasteiger partial charge on any atom is 0.331 e. The van der Waals surface area contributed by atoms with E-state index in [1.165, 1.54) is 16.7 Å². The predicted octanol–water partition coefficient (Wildman–Crippen LogP) is 3.10. The van der Waals surface area contributed by atoms with Gasteiger partial charge in [-0.2, -0.15) is 0 Å². The average molecular weight is 456 g/mol. The third-order valence-electron chi connectivity index (χ3n) is 5.92. The number of piperazine rings is 1. The molecule has 0 N–H and O–H groups in total. The van der Waals surface area contributed by atoms with E-state index >= 15 is 0 Å². The summed E-state index contributed by atoms with van der Waals surface area (Å²) in [5.41, 5.74) is 3.09. The quantitative estimate of drug-likeness (QED) is 0.710. The Kier molecular flexibility index (Phi) is 6.06. The minimum Gasteiger partial charge on any atom is -0.353 e. The number of nitrogens with zero attached hydrogens (tertiary/aromatic N) is 5. The van der Waals surface area contributed by atoms with Gasteiger partial charge in [0.2, 0.25) is 5.91 Å². The lowest BCUT2D eigenvalue weighted by molar-refractivity contribution is -0.125. The van der Waals surface area contributed by atoms with E-state index in [9.17, 15) is 14.4 Å². The summed E-state index contributed by atoms with van der Waals surface area (Å²) in [7, 11) is 0. The molecule has 3 heterocycles. The molecule has 168 valence electrons. The van der Waals surface area contributed by atoms with Crippen LogP contribution in [-0.4, -0.2) is 71.9 Å². The van der Waals surface area contributed by atoms with Gasteiger partial charge in [0.15, 0.2) is 0 Å². The summed E-state index contributed by atoms with van der Waals surface area (Å²) >= 11 is 6.19. The molecular weight excluding hydrogens is 430 g/mol. The Hall–Kier alpha value is -3.13. The fourth-order valence-corrected chi connectivity index (χ4v) is 4.46. The molecule has 0 spiro atoms. The molecule has 1 aromatic heterocycles. The number of pyridine rings is 1. The van der Waals surface area contributed by atoms with Crippen molar-refractivity contribution in [1.82, 2.24) is 14.8 Å². The second-order valence-electron chi connectivity index (χ2n) is 8.20. The number of hydrogen-bond acceptors (Lipinski definition) is 5. The lowest BCUT2D eigenvalue weighted by atomic mass is 10.1. The number of carbonyl (C=O) groups excluding carboxylic acids is 3. The summed E-state index contributed by atoms with van der Waals surface area (Å²) in [5, 5.41) is 0.427. The van der Waals surface area contributed by atoms with Gasteiger partial charge in [-0.05, 0) is 43.2 Å². The number of anilines is 2. The van der Waals surface area contributed by atoms with Crippen LogP contribution in [0.4, 0.5) is 16.3 Å². The summed E-state index contributed by atoms with van der Waals surface area (Å²) in [6.07, 6.45) is 1.86. The first-order valence-electron chi connectivity index (χ1n) is 10.6. The number of carbonyl (C=O) groups is 3. The maximum atomic E-state index is 13.4. The van der Waals surface area contributed by atoms with Gasteiger partial charge < -0.3 is 9.80 Å². The molecule has 9 heteroatoms.